The van der Waals surface area contributed by atoms with Crippen LogP contribution in [0.2, 0.25) is 0 Å². The number of ether oxygens (including phenoxy) is 1. The van der Waals surface area contributed by atoms with Crippen LogP contribution in [0.1, 0.15) is 29.7 Å². The number of carbonyl (C=O) groups is 1. The maximum absolute atomic E-state index is 13.6. The Bertz CT molecular complexity index is 1230. The molecule has 0 aromatic heterocycles. The Morgan fingerprint density at radius 2 is 1.45 bits per heavy atom. The van der Waals surface area contributed by atoms with Gasteiger partial charge in [0.1, 0.15) is 11.6 Å². The van der Waals surface area contributed by atoms with Crippen LogP contribution in [-0.2, 0) is 9.53 Å². The van der Waals surface area contributed by atoms with Gasteiger partial charge in [0.05, 0.1) is 23.1 Å². The molecule has 3 aromatic carbocycles. The number of esters is 1. The molecule has 0 atom stereocenters. The number of non-ortho nitro benzene ring substituents is 1. The minimum absolute atomic E-state index is 0.0205. The van der Waals surface area contributed by atoms with Crippen molar-refractivity contribution in [2.45, 2.75) is 13.0 Å². The van der Waals surface area contributed by atoms with Crippen molar-refractivity contribution in [1.29, 1.82) is 0 Å². The Balaban J connectivity index is 1.50. The first-order chi connectivity index (χ1) is 18.3. The zero-order valence-corrected chi connectivity index (χ0v) is 21.1. The molecule has 0 bridgehead atoms. The lowest BCUT2D eigenvalue weighted by atomic mass is 9.96. The molecule has 1 aliphatic heterocycles. The van der Waals surface area contributed by atoms with Gasteiger partial charge in [0, 0.05) is 44.9 Å². The topological polar surface area (TPSA) is 75.9 Å². The van der Waals surface area contributed by atoms with E-state index in [1.165, 1.54) is 36.4 Å². The van der Waals surface area contributed by atoms with Crippen LogP contribution in [0.25, 0.3) is 6.08 Å². The zero-order chi connectivity index (χ0) is 27.1. The Hall–Kier alpha value is -3.95. The fourth-order valence-electron chi connectivity index (χ4n) is 4.61. The van der Waals surface area contributed by atoms with Gasteiger partial charge in [-0.2, -0.15) is 0 Å². The highest BCUT2D eigenvalue weighted by Gasteiger charge is 2.28. The molecule has 0 unspecified atom stereocenters. The van der Waals surface area contributed by atoms with Crippen molar-refractivity contribution in [2.24, 2.45) is 0 Å². The highest BCUT2D eigenvalue weighted by molar-refractivity contribution is 5.94. The molecule has 0 amide bonds. The molecule has 1 fully saturated rings. The van der Waals surface area contributed by atoms with E-state index in [9.17, 15) is 23.7 Å². The summed E-state index contributed by atoms with van der Waals surface area (Å²) in [5.41, 5.74) is 2.94. The second-order valence-corrected chi connectivity index (χ2v) is 9.06. The zero-order valence-electron chi connectivity index (χ0n) is 21.1. The number of carbonyl (C=O) groups excluding carboxylic acids is 1. The predicted octanol–water partition coefficient (Wildman–Crippen LogP) is 5.23. The molecule has 0 radical (unpaired) electrons. The van der Waals surface area contributed by atoms with Crippen LogP contribution in [0.3, 0.4) is 0 Å². The number of benzene rings is 3. The van der Waals surface area contributed by atoms with E-state index in [0.717, 1.165) is 11.1 Å². The fourth-order valence-corrected chi connectivity index (χ4v) is 4.61. The van der Waals surface area contributed by atoms with E-state index in [-0.39, 0.29) is 30.0 Å². The molecule has 1 aliphatic rings. The normalized spacial score (nSPS) is 15.0. The molecule has 198 valence electrons. The first-order valence-corrected chi connectivity index (χ1v) is 12.4. The molecule has 0 saturated carbocycles. The molecule has 0 aliphatic carbocycles. The Labute approximate surface area is 220 Å². The van der Waals surface area contributed by atoms with Crippen LogP contribution in [0.4, 0.5) is 14.5 Å². The Morgan fingerprint density at radius 3 is 1.92 bits per heavy atom. The second kappa shape index (κ2) is 12.5. The largest absolute Gasteiger partial charge is 0.463 e. The Kier molecular flexibility index (Phi) is 8.93. The van der Waals surface area contributed by atoms with E-state index in [1.54, 1.807) is 49.4 Å². The maximum atomic E-state index is 13.6. The van der Waals surface area contributed by atoms with Crippen LogP contribution in [0.5, 0.6) is 0 Å². The quantitative estimate of drug-likeness (QED) is 0.166. The van der Waals surface area contributed by atoms with E-state index in [0.29, 0.717) is 43.9 Å². The summed E-state index contributed by atoms with van der Waals surface area (Å²) in [7, 11) is 0. The molecular weight excluding hydrogens is 492 g/mol. The monoisotopic (exact) mass is 521 g/mol. The number of nitro benzene ring substituents is 1. The van der Waals surface area contributed by atoms with Gasteiger partial charge in [0.2, 0.25) is 0 Å². The van der Waals surface area contributed by atoms with Crippen molar-refractivity contribution >= 4 is 17.7 Å². The van der Waals surface area contributed by atoms with Gasteiger partial charge in [0.15, 0.2) is 0 Å². The summed E-state index contributed by atoms with van der Waals surface area (Å²) in [6.45, 7) is 5.01. The summed E-state index contributed by atoms with van der Waals surface area (Å²) in [5, 5.41) is 10.9. The minimum Gasteiger partial charge on any atom is -0.463 e. The fraction of sp³-hybridized carbons (Fsp3) is 0.276. The lowest BCUT2D eigenvalue weighted by Crippen LogP contribution is -2.48. The van der Waals surface area contributed by atoms with Gasteiger partial charge in [-0.15, -0.1) is 0 Å². The van der Waals surface area contributed by atoms with Gasteiger partial charge in [-0.3, -0.25) is 19.9 Å². The van der Waals surface area contributed by atoms with E-state index in [2.05, 4.69) is 9.80 Å². The average molecular weight is 522 g/mol. The van der Waals surface area contributed by atoms with E-state index < -0.39 is 10.9 Å². The van der Waals surface area contributed by atoms with Gasteiger partial charge < -0.3 is 4.74 Å². The highest BCUT2D eigenvalue weighted by Crippen LogP contribution is 2.30. The van der Waals surface area contributed by atoms with Crippen LogP contribution in [-0.4, -0.2) is 60.0 Å². The summed E-state index contributed by atoms with van der Waals surface area (Å²) < 4.78 is 32.5. The van der Waals surface area contributed by atoms with Gasteiger partial charge in [-0.1, -0.05) is 24.3 Å². The van der Waals surface area contributed by atoms with Crippen molar-refractivity contribution in [3.63, 3.8) is 0 Å². The van der Waals surface area contributed by atoms with Crippen molar-refractivity contribution in [3.8, 4) is 0 Å². The summed E-state index contributed by atoms with van der Waals surface area (Å²) in [6, 6.07) is 18.6. The second-order valence-electron chi connectivity index (χ2n) is 9.06. The number of nitro groups is 1. The smallest absolute Gasteiger partial charge is 0.335 e. The van der Waals surface area contributed by atoms with E-state index in [1.807, 2.05) is 0 Å². The first kappa shape index (κ1) is 27.1. The maximum Gasteiger partial charge on any atom is 0.335 e. The number of nitrogens with zero attached hydrogens (tertiary/aromatic N) is 3. The standard InChI is InChI=1S/C29H29F2N3O4/c1-2-38-29(35)24(19-21-3-13-27(14-4-21)34(36)37)20-32-15-17-33(18-16-32)28(22-5-9-25(30)10-6-22)23-7-11-26(31)12-8-23/h3-14,19,28H,2,15-18,20H2,1H3/b24-19-. The molecule has 1 saturated heterocycles. The van der Waals surface area contributed by atoms with Crippen LogP contribution in [0.15, 0.2) is 78.4 Å². The van der Waals surface area contributed by atoms with Gasteiger partial charge in [-0.25, -0.2) is 13.6 Å². The molecule has 0 N–H and O–H groups in total. The molecule has 3 aromatic rings. The number of rotatable bonds is 9. The van der Waals surface area contributed by atoms with Crippen molar-refractivity contribution < 1.29 is 23.2 Å². The highest BCUT2D eigenvalue weighted by atomic mass is 19.1. The molecule has 38 heavy (non-hydrogen) atoms. The Morgan fingerprint density at radius 1 is 0.921 bits per heavy atom. The van der Waals surface area contributed by atoms with Gasteiger partial charge in [0.25, 0.3) is 5.69 Å². The minimum atomic E-state index is -0.468. The van der Waals surface area contributed by atoms with Crippen molar-refractivity contribution in [2.75, 3.05) is 39.3 Å². The predicted molar refractivity (Wildman–Crippen MR) is 140 cm³/mol. The summed E-state index contributed by atoms with van der Waals surface area (Å²) in [5.74, 6) is -1.06. The van der Waals surface area contributed by atoms with Gasteiger partial charge in [-0.05, 0) is 66.1 Å². The van der Waals surface area contributed by atoms with Crippen molar-refractivity contribution in [3.05, 3.63) is 117 Å². The third-order valence-corrected chi connectivity index (χ3v) is 6.52. The molecule has 9 heteroatoms. The summed E-state index contributed by atoms with van der Waals surface area (Å²) in [4.78, 5) is 27.6. The summed E-state index contributed by atoms with van der Waals surface area (Å²) in [6.07, 6.45) is 1.70. The third kappa shape index (κ3) is 6.87. The molecule has 1 heterocycles. The van der Waals surface area contributed by atoms with E-state index >= 15 is 0 Å². The first-order valence-electron chi connectivity index (χ1n) is 12.4. The lowest BCUT2D eigenvalue weighted by Gasteiger charge is -2.40. The third-order valence-electron chi connectivity index (χ3n) is 6.52. The number of halogens is 2. The lowest BCUT2D eigenvalue weighted by molar-refractivity contribution is -0.384. The van der Waals surface area contributed by atoms with Gasteiger partial charge >= 0.3 is 5.97 Å². The summed E-state index contributed by atoms with van der Waals surface area (Å²) >= 11 is 0. The van der Waals surface area contributed by atoms with Crippen LogP contribution in [0, 0.1) is 21.7 Å². The molecule has 7 nitrogen and oxygen atoms in total. The number of hydrogen-bond acceptors (Lipinski definition) is 6. The van der Waals surface area contributed by atoms with Crippen LogP contribution >= 0.6 is 0 Å². The number of hydrogen-bond donors (Lipinski definition) is 0. The molecular formula is C29H29F2N3O4. The van der Waals surface area contributed by atoms with Crippen molar-refractivity contribution in [1.82, 2.24) is 9.80 Å². The molecule has 0 spiro atoms. The number of piperazine rings is 1. The SMILES string of the molecule is CCOC(=O)/C(=C\c1ccc([N+](=O)[O-])cc1)CN1CCN(C(c2ccc(F)cc2)c2ccc(F)cc2)CC1. The molecule has 4 rings (SSSR count). The van der Waals surface area contributed by atoms with Crippen LogP contribution < -0.4 is 0 Å². The van der Waals surface area contributed by atoms with E-state index in [4.69, 9.17) is 4.74 Å². The average Bonchev–Trinajstić information content (AvgIpc) is 2.92.